The zero-order valence-electron chi connectivity index (χ0n) is 14.4. The van der Waals surface area contributed by atoms with Crippen molar-refractivity contribution in [3.63, 3.8) is 0 Å². The van der Waals surface area contributed by atoms with Crippen LogP contribution < -0.4 is 10.1 Å². The van der Waals surface area contributed by atoms with Gasteiger partial charge in [0.2, 0.25) is 5.91 Å². The van der Waals surface area contributed by atoms with Gasteiger partial charge in [0.25, 0.3) is 0 Å². The molecule has 0 unspecified atom stereocenters. The first-order chi connectivity index (χ1) is 12.0. The van der Waals surface area contributed by atoms with E-state index >= 15 is 0 Å². The van der Waals surface area contributed by atoms with E-state index in [0.717, 1.165) is 42.6 Å². The fourth-order valence-electron chi connectivity index (χ4n) is 5.65. The van der Waals surface area contributed by atoms with Crippen molar-refractivity contribution in [1.82, 2.24) is 5.32 Å². The molecule has 0 aromatic heterocycles. The van der Waals surface area contributed by atoms with Crippen molar-refractivity contribution in [2.75, 3.05) is 6.61 Å². The number of ether oxygens (including phenoxy) is 1. The first-order valence-electron chi connectivity index (χ1n) is 9.24. The number of hydrogen-bond donors (Lipinski definition) is 2. The number of hydrogen-bond acceptors (Lipinski definition) is 3. The van der Waals surface area contributed by atoms with Gasteiger partial charge in [-0.25, -0.2) is 4.79 Å². The van der Waals surface area contributed by atoms with Gasteiger partial charge >= 0.3 is 5.97 Å². The third-order valence-electron chi connectivity index (χ3n) is 6.23. The molecule has 25 heavy (non-hydrogen) atoms. The van der Waals surface area contributed by atoms with E-state index in [0.29, 0.717) is 12.3 Å². The highest BCUT2D eigenvalue weighted by Gasteiger charge is 2.54. The van der Waals surface area contributed by atoms with Crippen molar-refractivity contribution in [3.8, 4) is 5.75 Å². The molecule has 1 aromatic carbocycles. The van der Waals surface area contributed by atoms with E-state index < -0.39 is 5.97 Å². The Bertz CT molecular complexity index is 649. The standard InChI is InChI=1S/C20H25NO4/c22-18(23)12-25-17-3-1-2-13(7-17)11-21-19(24)20-8-14-4-15(9-20)6-16(5-14)10-20/h1-3,7,14-16H,4-6,8-12H2,(H,21,24)(H,22,23). The summed E-state index contributed by atoms with van der Waals surface area (Å²) in [6.07, 6.45) is 7.17. The molecule has 4 aliphatic rings. The normalized spacial score (nSPS) is 32.4. The quantitative estimate of drug-likeness (QED) is 0.833. The second-order valence-electron chi connectivity index (χ2n) is 8.21. The van der Waals surface area contributed by atoms with Crippen LogP contribution in [0.4, 0.5) is 0 Å². The van der Waals surface area contributed by atoms with Gasteiger partial charge in [0.15, 0.2) is 6.61 Å². The minimum atomic E-state index is -1.000. The van der Waals surface area contributed by atoms with Crippen LogP contribution in [0.2, 0.25) is 0 Å². The Hall–Kier alpha value is -2.04. The van der Waals surface area contributed by atoms with Gasteiger partial charge in [-0.15, -0.1) is 0 Å². The van der Waals surface area contributed by atoms with Crippen molar-refractivity contribution in [2.24, 2.45) is 23.2 Å². The lowest BCUT2D eigenvalue weighted by atomic mass is 9.49. The summed E-state index contributed by atoms with van der Waals surface area (Å²) in [5.41, 5.74) is 0.799. The van der Waals surface area contributed by atoms with E-state index in [2.05, 4.69) is 5.32 Å². The third-order valence-corrected chi connectivity index (χ3v) is 6.23. The monoisotopic (exact) mass is 343 g/mol. The van der Waals surface area contributed by atoms with Crippen molar-refractivity contribution >= 4 is 11.9 Å². The number of carbonyl (C=O) groups is 2. The summed E-state index contributed by atoms with van der Waals surface area (Å²) < 4.78 is 5.20. The molecule has 134 valence electrons. The minimum absolute atomic E-state index is 0.133. The molecular weight excluding hydrogens is 318 g/mol. The van der Waals surface area contributed by atoms with Crippen LogP contribution in [-0.4, -0.2) is 23.6 Å². The van der Waals surface area contributed by atoms with E-state index in [1.807, 2.05) is 12.1 Å². The maximum absolute atomic E-state index is 12.9. The number of carboxylic acid groups (broad SMARTS) is 1. The number of carbonyl (C=O) groups excluding carboxylic acids is 1. The summed E-state index contributed by atoms with van der Waals surface area (Å²) in [5, 5.41) is 11.8. The first-order valence-corrected chi connectivity index (χ1v) is 9.24. The summed E-state index contributed by atoms with van der Waals surface area (Å²) in [5.74, 6) is 1.99. The number of nitrogens with one attached hydrogen (secondary N) is 1. The van der Waals surface area contributed by atoms with Gasteiger partial charge in [0.05, 0.1) is 0 Å². The van der Waals surface area contributed by atoms with Gasteiger partial charge in [-0.3, -0.25) is 4.79 Å². The Balaban J connectivity index is 1.37. The highest BCUT2D eigenvalue weighted by molar-refractivity contribution is 5.83. The maximum atomic E-state index is 12.9. The van der Waals surface area contributed by atoms with Crippen LogP contribution in [0.15, 0.2) is 24.3 Å². The fraction of sp³-hybridized carbons (Fsp3) is 0.600. The van der Waals surface area contributed by atoms with E-state index in [1.54, 1.807) is 12.1 Å². The van der Waals surface area contributed by atoms with Gasteiger partial charge in [0.1, 0.15) is 5.75 Å². The number of carboxylic acids is 1. The largest absolute Gasteiger partial charge is 0.482 e. The van der Waals surface area contributed by atoms with Crippen molar-refractivity contribution in [2.45, 2.75) is 45.1 Å². The molecule has 4 saturated carbocycles. The third kappa shape index (κ3) is 3.37. The topological polar surface area (TPSA) is 75.6 Å². The second-order valence-corrected chi connectivity index (χ2v) is 8.21. The van der Waals surface area contributed by atoms with Crippen molar-refractivity contribution < 1.29 is 19.4 Å². The molecule has 0 spiro atoms. The number of aliphatic carboxylic acids is 1. The molecule has 0 radical (unpaired) electrons. The van der Waals surface area contributed by atoms with Gasteiger partial charge in [-0.05, 0) is 74.0 Å². The van der Waals surface area contributed by atoms with Crippen LogP contribution >= 0.6 is 0 Å². The highest BCUT2D eigenvalue weighted by atomic mass is 16.5. The molecule has 5 nitrogen and oxygen atoms in total. The van der Waals surface area contributed by atoms with Crippen molar-refractivity contribution in [3.05, 3.63) is 29.8 Å². The zero-order chi connectivity index (χ0) is 17.4. The van der Waals surface area contributed by atoms with E-state index in [1.165, 1.54) is 19.3 Å². The van der Waals surface area contributed by atoms with Gasteiger partial charge in [-0.1, -0.05) is 12.1 Å². The number of rotatable bonds is 6. The Morgan fingerprint density at radius 3 is 2.36 bits per heavy atom. The van der Waals surface area contributed by atoms with Crippen molar-refractivity contribution in [1.29, 1.82) is 0 Å². The van der Waals surface area contributed by atoms with Gasteiger partial charge < -0.3 is 15.2 Å². The molecule has 0 heterocycles. The smallest absolute Gasteiger partial charge is 0.341 e. The van der Waals surface area contributed by atoms with Gasteiger partial charge in [-0.2, -0.15) is 0 Å². The van der Waals surface area contributed by atoms with Crippen LogP contribution in [0.1, 0.15) is 44.1 Å². The molecule has 4 aliphatic carbocycles. The Kier molecular flexibility index (Phi) is 4.18. The lowest BCUT2D eigenvalue weighted by molar-refractivity contribution is -0.146. The molecule has 2 N–H and O–H groups in total. The molecule has 5 rings (SSSR count). The van der Waals surface area contributed by atoms with Crippen LogP contribution in [0.3, 0.4) is 0 Å². The second kappa shape index (κ2) is 6.36. The van der Waals surface area contributed by atoms with E-state index in [9.17, 15) is 9.59 Å². The average molecular weight is 343 g/mol. The molecule has 5 heteroatoms. The maximum Gasteiger partial charge on any atom is 0.341 e. The summed E-state index contributed by atoms with van der Waals surface area (Å²) >= 11 is 0. The molecule has 0 saturated heterocycles. The molecule has 1 amide bonds. The summed E-state index contributed by atoms with van der Waals surface area (Å²) in [6.45, 7) is 0.105. The van der Waals surface area contributed by atoms with Crippen LogP contribution in [0, 0.1) is 23.2 Å². The summed E-state index contributed by atoms with van der Waals surface area (Å²) in [7, 11) is 0. The Morgan fingerprint density at radius 2 is 1.76 bits per heavy atom. The van der Waals surface area contributed by atoms with Crippen LogP contribution in [0.25, 0.3) is 0 Å². The lowest BCUT2D eigenvalue weighted by Crippen LogP contribution is -2.53. The predicted molar refractivity (Wildman–Crippen MR) is 92.0 cm³/mol. The Morgan fingerprint density at radius 1 is 1.12 bits per heavy atom. The average Bonchev–Trinajstić information content (AvgIpc) is 2.57. The predicted octanol–water partition coefficient (Wildman–Crippen LogP) is 2.98. The van der Waals surface area contributed by atoms with E-state index in [-0.39, 0.29) is 17.9 Å². The van der Waals surface area contributed by atoms with Crippen LogP contribution in [-0.2, 0) is 16.1 Å². The summed E-state index contributed by atoms with van der Waals surface area (Å²) in [6, 6.07) is 7.27. The highest BCUT2D eigenvalue weighted by Crippen LogP contribution is 2.60. The van der Waals surface area contributed by atoms with Gasteiger partial charge in [0, 0.05) is 12.0 Å². The molecule has 0 atom stereocenters. The number of amides is 1. The molecule has 4 fully saturated rings. The lowest BCUT2D eigenvalue weighted by Gasteiger charge is -2.55. The zero-order valence-corrected chi connectivity index (χ0v) is 14.4. The molecule has 0 aliphatic heterocycles. The molecular formula is C20H25NO4. The molecule has 4 bridgehead atoms. The summed E-state index contributed by atoms with van der Waals surface area (Å²) in [4.78, 5) is 23.5. The molecule has 1 aromatic rings. The SMILES string of the molecule is O=C(O)COc1cccc(CNC(=O)C23CC4CC(CC(C4)C2)C3)c1. The minimum Gasteiger partial charge on any atom is -0.482 e. The van der Waals surface area contributed by atoms with Crippen LogP contribution in [0.5, 0.6) is 5.75 Å². The fourth-order valence-corrected chi connectivity index (χ4v) is 5.65. The van der Waals surface area contributed by atoms with E-state index in [4.69, 9.17) is 9.84 Å². The Labute approximate surface area is 147 Å². The number of benzene rings is 1. The first kappa shape index (κ1) is 16.4.